The lowest BCUT2D eigenvalue weighted by Crippen LogP contribution is -2.42. The van der Waals surface area contributed by atoms with Gasteiger partial charge in [0.1, 0.15) is 12.3 Å². The van der Waals surface area contributed by atoms with Crippen molar-refractivity contribution in [2.75, 3.05) is 26.2 Å². The Morgan fingerprint density at radius 2 is 1.91 bits per heavy atom. The van der Waals surface area contributed by atoms with Crippen LogP contribution in [0.15, 0.2) is 24.3 Å². The Morgan fingerprint density at radius 1 is 1.23 bits per heavy atom. The molecule has 0 bridgehead atoms. The van der Waals surface area contributed by atoms with Crippen LogP contribution in [-0.4, -0.2) is 54.0 Å². The van der Waals surface area contributed by atoms with E-state index in [2.05, 4.69) is 5.32 Å². The lowest BCUT2D eigenvalue weighted by Gasteiger charge is -2.18. The van der Waals surface area contributed by atoms with E-state index >= 15 is 0 Å². The number of rotatable bonds is 8. The topological polar surface area (TPSA) is 95.9 Å². The zero-order valence-corrected chi connectivity index (χ0v) is 12.7. The van der Waals surface area contributed by atoms with Gasteiger partial charge in [0, 0.05) is 6.54 Å². The minimum Gasteiger partial charge on any atom is -0.493 e. The van der Waals surface area contributed by atoms with Crippen molar-refractivity contribution in [2.45, 2.75) is 13.8 Å². The molecule has 0 saturated heterocycles. The first-order valence-corrected chi connectivity index (χ1v) is 6.99. The van der Waals surface area contributed by atoms with Crippen LogP contribution in [0.4, 0.5) is 0 Å². The average Bonchev–Trinajstić information content (AvgIpc) is 2.50. The number of hydrogen-bond donors (Lipinski definition) is 2. The number of ether oxygens (including phenoxy) is 1. The van der Waals surface area contributed by atoms with Gasteiger partial charge in [-0.25, -0.2) is 0 Å². The molecule has 1 aromatic carbocycles. The Balaban J connectivity index is 2.66. The second-order valence-corrected chi connectivity index (χ2v) is 4.41. The van der Waals surface area contributed by atoms with Crippen molar-refractivity contribution in [1.82, 2.24) is 10.2 Å². The van der Waals surface area contributed by atoms with Crippen molar-refractivity contribution in [3.8, 4) is 5.75 Å². The smallest absolute Gasteiger partial charge is 0.323 e. The molecule has 1 rings (SSSR count). The standard InChI is InChI=1S/C15H20N2O5/c1-3-17(10-14(19)20)13(18)9-16-15(21)11-7-5-6-8-12(11)22-4-2/h5-8H,3-4,9-10H2,1-2H3,(H,16,21)(H,19,20). The first kappa shape index (κ1) is 17.5. The molecule has 1 aromatic rings. The minimum absolute atomic E-state index is 0.260. The van der Waals surface area contributed by atoms with E-state index in [9.17, 15) is 14.4 Å². The molecule has 0 atom stereocenters. The second-order valence-electron chi connectivity index (χ2n) is 4.41. The second kappa shape index (κ2) is 8.66. The summed E-state index contributed by atoms with van der Waals surface area (Å²) in [7, 11) is 0. The van der Waals surface area contributed by atoms with Crippen LogP contribution in [0.2, 0.25) is 0 Å². The summed E-state index contributed by atoms with van der Waals surface area (Å²) in [5, 5.41) is 11.2. The number of amides is 2. The highest BCUT2D eigenvalue weighted by molar-refractivity contribution is 5.98. The highest BCUT2D eigenvalue weighted by atomic mass is 16.5. The summed E-state index contributed by atoms with van der Waals surface area (Å²) < 4.78 is 5.35. The number of hydrogen-bond acceptors (Lipinski definition) is 4. The van der Waals surface area contributed by atoms with Gasteiger partial charge in [-0.15, -0.1) is 0 Å². The summed E-state index contributed by atoms with van der Waals surface area (Å²) in [4.78, 5) is 35.8. The number of carboxylic acid groups (broad SMARTS) is 1. The Hall–Kier alpha value is -2.57. The molecule has 0 aliphatic heterocycles. The fourth-order valence-electron chi connectivity index (χ4n) is 1.84. The van der Waals surface area contributed by atoms with Gasteiger partial charge in [-0.2, -0.15) is 0 Å². The van der Waals surface area contributed by atoms with Gasteiger partial charge in [0.25, 0.3) is 5.91 Å². The van der Waals surface area contributed by atoms with Crippen molar-refractivity contribution in [2.24, 2.45) is 0 Å². The van der Waals surface area contributed by atoms with E-state index in [0.717, 1.165) is 4.90 Å². The zero-order chi connectivity index (χ0) is 16.5. The van der Waals surface area contributed by atoms with E-state index in [1.165, 1.54) is 0 Å². The van der Waals surface area contributed by atoms with Crippen LogP contribution >= 0.6 is 0 Å². The minimum atomic E-state index is -1.09. The first-order chi connectivity index (χ1) is 10.5. The number of carbonyl (C=O) groups is 3. The lowest BCUT2D eigenvalue weighted by atomic mass is 10.2. The zero-order valence-electron chi connectivity index (χ0n) is 12.7. The van der Waals surface area contributed by atoms with Gasteiger partial charge in [-0.05, 0) is 26.0 Å². The van der Waals surface area contributed by atoms with Crippen molar-refractivity contribution in [3.05, 3.63) is 29.8 Å². The molecule has 7 heteroatoms. The Morgan fingerprint density at radius 3 is 2.50 bits per heavy atom. The maximum Gasteiger partial charge on any atom is 0.323 e. The van der Waals surface area contributed by atoms with Gasteiger partial charge in [-0.1, -0.05) is 12.1 Å². The number of nitrogens with zero attached hydrogens (tertiary/aromatic N) is 1. The van der Waals surface area contributed by atoms with Crippen LogP contribution < -0.4 is 10.1 Å². The largest absolute Gasteiger partial charge is 0.493 e. The number of para-hydroxylation sites is 1. The third-order valence-corrected chi connectivity index (χ3v) is 2.89. The molecule has 2 N–H and O–H groups in total. The molecule has 0 fully saturated rings. The molecule has 0 radical (unpaired) electrons. The fraction of sp³-hybridized carbons (Fsp3) is 0.400. The van der Waals surface area contributed by atoms with Gasteiger partial charge in [0.2, 0.25) is 5.91 Å². The number of nitrogens with one attached hydrogen (secondary N) is 1. The summed E-state index contributed by atoms with van der Waals surface area (Å²) in [6.07, 6.45) is 0. The molecule has 120 valence electrons. The predicted molar refractivity (Wildman–Crippen MR) is 79.8 cm³/mol. The summed E-state index contributed by atoms with van der Waals surface area (Å²) in [6, 6.07) is 6.71. The normalized spacial score (nSPS) is 9.91. The van der Waals surface area contributed by atoms with Crippen LogP contribution in [0.3, 0.4) is 0 Å². The monoisotopic (exact) mass is 308 g/mol. The number of carbonyl (C=O) groups excluding carboxylic acids is 2. The van der Waals surface area contributed by atoms with Crippen molar-refractivity contribution in [3.63, 3.8) is 0 Å². The number of carboxylic acids is 1. The van der Waals surface area contributed by atoms with E-state index in [0.29, 0.717) is 17.9 Å². The fourth-order valence-corrected chi connectivity index (χ4v) is 1.84. The van der Waals surface area contributed by atoms with E-state index < -0.39 is 17.8 Å². The molecule has 0 spiro atoms. The quantitative estimate of drug-likeness (QED) is 0.739. The molecule has 0 aromatic heterocycles. The maximum atomic E-state index is 12.1. The molecule has 0 saturated carbocycles. The molecule has 0 aliphatic carbocycles. The molecule has 7 nitrogen and oxygen atoms in total. The van der Waals surface area contributed by atoms with Gasteiger partial charge in [-0.3, -0.25) is 14.4 Å². The molecule has 0 unspecified atom stereocenters. The number of likely N-dealkylation sites (N-methyl/N-ethyl adjacent to an activating group) is 1. The number of benzene rings is 1. The van der Waals surface area contributed by atoms with Crippen LogP contribution in [-0.2, 0) is 9.59 Å². The lowest BCUT2D eigenvalue weighted by molar-refractivity contribution is -0.143. The number of aliphatic carboxylic acids is 1. The van der Waals surface area contributed by atoms with Crippen LogP contribution in [0.5, 0.6) is 5.75 Å². The molecular weight excluding hydrogens is 288 g/mol. The summed E-state index contributed by atoms with van der Waals surface area (Å²) in [5.74, 6) is -1.55. The van der Waals surface area contributed by atoms with Gasteiger partial charge >= 0.3 is 5.97 Å². The average molecular weight is 308 g/mol. The molecule has 0 heterocycles. The Kier molecular flexibility index (Phi) is 6.88. The van der Waals surface area contributed by atoms with E-state index in [4.69, 9.17) is 9.84 Å². The van der Waals surface area contributed by atoms with Crippen LogP contribution in [0, 0.1) is 0 Å². The Labute approximate surface area is 128 Å². The Bertz CT molecular complexity index is 544. The maximum absolute atomic E-state index is 12.1. The highest BCUT2D eigenvalue weighted by Gasteiger charge is 2.17. The summed E-state index contributed by atoms with van der Waals surface area (Å²) >= 11 is 0. The van der Waals surface area contributed by atoms with Gasteiger partial charge < -0.3 is 20.1 Å². The third-order valence-electron chi connectivity index (χ3n) is 2.89. The SMILES string of the molecule is CCOc1ccccc1C(=O)NCC(=O)N(CC)CC(=O)O. The third kappa shape index (κ3) is 5.08. The van der Waals surface area contributed by atoms with Crippen molar-refractivity contribution in [1.29, 1.82) is 0 Å². The van der Waals surface area contributed by atoms with E-state index in [1.807, 2.05) is 6.92 Å². The van der Waals surface area contributed by atoms with E-state index in [-0.39, 0.29) is 19.6 Å². The molecule has 0 aliphatic rings. The molecule has 2 amide bonds. The predicted octanol–water partition coefficient (Wildman–Crippen LogP) is 0.748. The van der Waals surface area contributed by atoms with Crippen molar-refractivity contribution < 1.29 is 24.2 Å². The van der Waals surface area contributed by atoms with Gasteiger partial charge in [0.05, 0.1) is 18.7 Å². The molecular formula is C15H20N2O5. The molecule has 22 heavy (non-hydrogen) atoms. The summed E-state index contributed by atoms with van der Waals surface area (Å²) in [5.41, 5.74) is 0.332. The van der Waals surface area contributed by atoms with Crippen molar-refractivity contribution >= 4 is 17.8 Å². The van der Waals surface area contributed by atoms with Crippen LogP contribution in [0.1, 0.15) is 24.2 Å². The van der Waals surface area contributed by atoms with Crippen LogP contribution in [0.25, 0.3) is 0 Å². The highest BCUT2D eigenvalue weighted by Crippen LogP contribution is 2.17. The van der Waals surface area contributed by atoms with Gasteiger partial charge in [0.15, 0.2) is 0 Å². The first-order valence-electron chi connectivity index (χ1n) is 6.99. The van der Waals surface area contributed by atoms with E-state index in [1.54, 1.807) is 31.2 Å². The summed E-state index contributed by atoms with van der Waals surface area (Å²) in [6.45, 7) is 3.51.